The van der Waals surface area contributed by atoms with Gasteiger partial charge in [0.2, 0.25) is 11.8 Å². The fraction of sp³-hybridized carbons (Fsp3) is 0.500. The van der Waals surface area contributed by atoms with Crippen LogP contribution >= 0.6 is 0 Å². The van der Waals surface area contributed by atoms with Crippen LogP contribution in [-0.2, 0) is 55.7 Å². The van der Waals surface area contributed by atoms with Gasteiger partial charge in [-0.1, -0.05) is 36.4 Å². The van der Waals surface area contributed by atoms with E-state index < -0.39 is 90.9 Å². The number of carbonyl (C=O) groups is 5. The number of aliphatic hydroxyl groups excluding tert-OH is 1. The molecule has 0 aromatic heterocycles. The Labute approximate surface area is 333 Å². The normalized spacial score (nSPS) is 22.9. The molecule has 5 atom stereocenters. The number of hydrogen-bond acceptors (Lipinski definition) is 11. The summed E-state index contributed by atoms with van der Waals surface area (Å²) in [7, 11) is 0. The molecule has 6 rings (SSSR count). The lowest BCUT2D eigenvalue weighted by atomic mass is 9.91. The van der Waals surface area contributed by atoms with Gasteiger partial charge in [-0.2, -0.15) is 13.2 Å². The second-order valence-electron chi connectivity index (χ2n) is 15.9. The number of amides is 2. The highest BCUT2D eigenvalue weighted by atomic mass is 19.4. The van der Waals surface area contributed by atoms with Crippen molar-refractivity contribution in [3.05, 3.63) is 88.5 Å². The Morgan fingerprint density at radius 3 is 2.43 bits per heavy atom. The van der Waals surface area contributed by atoms with Gasteiger partial charge < -0.3 is 39.0 Å². The maximum Gasteiger partial charge on any atom is 0.422 e. The molecule has 4 aliphatic rings. The lowest BCUT2D eigenvalue weighted by molar-refractivity contribution is -0.182. The molecule has 0 bridgehead atoms. The van der Waals surface area contributed by atoms with Crippen molar-refractivity contribution in [1.29, 1.82) is 0 Å². The third-order valence-corrected chi connectivity index (χ3v) is 10.2. The van der Waals surface area contributed by atoms with E-state index in [0.29, 0.717) is 31.2 Å². The third kappa shape index (κ3) is 10.7. The first kappa shape index (κ1) is 42.5. The molecule has 2 N–H and O–H groups in total. The van der Waals surface area contributed by atoms with E-state index >= 15 is 0 Å². The van der Waals surface area contributed by atoms with Gasteiger partial charge in [-0.3, -0.25) is 14.4 Å². The SMILES string of the molecule is CC(C)(C)OC(=O)CCC(CO)NC(=O)C1CCCN1C(=O)C1=CC2OC3(Cc4ccccc4C3)OC2C(OC(=O)c2cccc(C=CC(=O)OCC(F)(F)F)c2)C1. The zero-order valence-corrected chi connectivity index (χ0v) is 32.4. The van der Waals surface area contributed by atoms with Gasteiger partial charge in [0.05, 0.1) is 18.2 Å². The highest BCUT2D eigenvalue weighted by Gasteiger charge is 2.55. The number of fused-ring (bicyclic) bond motifs is 2. The number of aliphatic hydroxyl groups is 1. The monoisotopic (exact) mass is 812 g/mol. The minimum Gasteiger partial charge on any atom is -0.460 e. The van der Waals surface area contributed by atoms with Crippen molar-refractivity contribution in [2.75, 3.05) is 19.8 Å². The molecular weight excluding hydrogens is 765 g/mol. The molecule has 1 spiro atoms. The Morgan fingerprint density at radius 1 is 1.03 bits per heavy atom. The Bertz CT molecular complexity index is 1930. The van der Waals surface area contributed by atoms with E-state index in [1.54, 1.807) is 26.8 Å². The summed E-state index contributed by atoms with van der Waals surface area (Å²) in [6, 6.07) is 12.1. The summed E-state index contributed by atoms with van der Waals surface area (Å²) < 4.78 is 66.1. The second kappa shape index (κ2) is 17.4. The molecule has 2 fully saturated rings. The number of alkyl halides is 3. The molecule has 2 heterocycles. The summed E-state index contributed by atoms with van der Waals surface area (Å²) >= 11 is 0. The number of halogens is 3. The van der Waals surface area contributed by atoms with Gasteiger partial charge in [-0.05, 0) is 81.0 Å². The zero-order valence-electron chi connectivity index (χ0n) is 32.4. The number of likely N-dealkylation sites (tertiary alicyclic amines) is 1. The van der Waals surface area contributed by atoms with Crippen LogP contribution in [0.1, 0.15) is 79.9 Å². The number of carbonyl (C=O) groups excluding carboxylic acids is 5. The van der Waals surface area contributed by atoms with Gasteiger partial charge in [0.25, 0.3) is 0 Å². The van der Waals surface area contributed by atoms with Crippen LogP contribution in [0.25, 0.3) is 6.08 Å². The molecule has 2 aliphatic heterocycles. The molecule has 2 saturated heterocycles. The minimum absolute atomic E-state index is 0.0265. The predicted octanol–water partition coefficient (Wildman–Crippen LogP) is 4.53. The van der Waals surface area contributed by atoms with Gasteiger partial charge in [0, 0.05) is 43.9 Å². The highest BCUT2D eigenvalue weighted by molar-refractivity contribution is 5.98. The fourth-order valence-electron chi connectivity index (χ4n) is 7.65. The van der Waals surface area contributed by atoms with Crippen LogP contribution < -0.4 is 5.32 Å². The summed E-state index contributed by atoms with van der Waals surface area (Å²) in [6.45, 7) is 3.34. The van der Waals surface area contributed by atoms with Crippen molar-refractivity contribution >= 4 is 35.8 Å². The average molecular weight is 813 g/mol. The topological polar surface area (TPSA) is 167 Å². The van der Waals surface area contributed by atoms with Crippen molar-refractivity contribution in [3.8, 4) is 0 Å². The standard InChI is InChI=1S/C42H47F3N2O11/c1-40(2,3)57-35(50)16-14-30(23-48)46-37(51)31-12-7-17-47(31)38(52)29-19-32(36-33(20-29)56-41(58-36)21-27-9-4-5-10-28(27)22-41)55-39(53)26-11-6-8-25(18-26)13-15-34(49)54-24-42(43,44)45/h4-6,8-11,13,15,18,20,30-33,36,48H,7,12,14,16-17,19,21-24H2,1-3H3,(H,46,51). The molecular formula is C42H47F3N2O11. The van der Waals surface area contributed by atoms with E-state index in [0.717, 1.165) is 17.2 Å². The number of hydrogen-bond donors (Lipinski definition) is 2. The van der Waals surface area contributed by atoms with Gasteiger partial charge in [-0.25, -0.2) is 9.59 Å². The first-order valence-electron chi connectivity index (χ1n) is 19.2. The minimum atomic E-state index is -4.68. The number of rotatable bonds is 12. The summed E-state index contributed by atoms with van der Waals surface area (Å²) in [5.41, 5.74) is 2.03. The lowest BCUT2D eigenvalue weighted by Crippen LogP contribution is -2.51. The number of nitrogens with one attached hydrogen (secondary N) is 1. The molecule has 0 saturated carbocycles. The molecule has 2 aromatic carbocycles. The first-order chi connectivity index (χ1) is 27.4. The van der Waals surface area contributed by atoms with Crippen molar-refractivity contribution in [3.63, 3.8) is 0 Å². The molecule has 2 aromatic rings. The molecule has 2 aliphatic carbocycles. The maximum atomic E-state index is 14.3. The van der Waals surface area contributed by atoms with Crippen molar-refractivity contribution in [1.82, 2.24) is 10.2 Å². The van der Waals surface area contributed by atoms with Gasteiger partial charge in [0.1, 0.15) is 30.0 Å². The lowest BCUT2D eigenvalue weighted by Gasteiger charge is -2.33. The van der Waals surface area contributed by atoms with E-state index in [2.05, 4.69) is 10.1 Å². The Kier molecular flexibility index (Phi) is 12.8. The van der Waals surface area contributed by atoms with Crippen molar-refractivity contribution < 1.29 is 65.9 Å². The third-order valence-electron chi connectivity index (χ3n) is 10.2. The molecule has 5 unspecified atom stereocenters. The zero-order chi connectivity index (χ0) is 41.8. The Balaban J connectivity index is 1.17. The second-order valence-corrected chi connectivity index (χ2v) is 15.9. The molecule has 312 valence electrons. The van der Waals surface area contributed by atoms with Crippen LogP contribution in [0.2, 0.25) is 0 Å². The average Bonchev–Trinajstić information content (AvgIpc) is 3.89. The van der Waals surface area contributed by atoms with Crippen LogP contribution in [0, 0.1) is 0 Å². The molecule has 13 nitrogen and oxygen atoms in total. The van der Waals surface area contributed by atoms with Crippen LogP contribution in [0.4, 0.5) is 13.2 Å². The summed E-state index contributed by atoms with van der Waals surface area (Å²) in [5.74, 6) is -4.46. The number of nitrogens with zero attached hydrogens (tertiary/aromatic N) is 1. The van der Waals surface area contributed by atoms with E-state index in [1.807, 2.05) is 24.3 Å². The van der Waals surface area contributed by atoms with Crippen molar-refractivity contribution in [2.24, 2.45) is 0 Å². The van der Waals surface area contributed by atoms with E-state index in [9.17, 15) is 42.3 Å². The molecule has 16 heteroatoms. The first-order valence-corrected chi connectivity index (χ1v) is 19.2. The van der Waals surface area contributed by atoms with E-state index in [4.69, 9.17) is 18.9 Å². The Morgan fingerprint density at radius 2 is 1.76 bits per heavy atom. The summed E-state index contributed by atoms with van der Waals surface area (Å²) in [5, 5.41) is 12.8. The largest absolute Gasteiger partial charge is 0.460 e. The maximum absolute atomic E-state index is 14.3. The highest BCUT2D eigenvalue weighted by Crippen LogP contribution is 2.45. The van der Waals surface area contributed by atoms with Crippen LogP contribution in [0.3, 0.4) is 0 Å². The van der Waals surface area contributed by atoms with Gasteiger partial charge in [-0.15, -0.1) is 0 Å². The Hall–Kier alpha value is -5.06. The summed E-state index contributed by atoms with van der Waals surface area (Å²) in [6.07, 6.45) is -1.79. The van der Waals surface area contributed by atoms with Crippen molar-refractivity contribution in [2.45, 2.75) is 114 Å². The van der Waals surface area contributed by atoms with Gasteiger partial charge >= 0.3 is 24.1 Å². The number of ether oxygens (including phenoxy) is 5. The van der Waals surface area contributed by atoms with E-state index in [1.165, 1.54) is 35.2 Å². The predicted molar refractivity (Wildman–Crippen MR) is 200 cm³/mol. The van der Waals surface area contributed by atoms with Gasteiger partial charge in [0.15, 0.2) is 12.4 Å². The molecule has 0 radical (unpaired) electrons. The van der Waals surface area contributed by atoms with Crippen LogP contribution in [0.15, 0.2) is 66.3 Å². The number of esters is 3. The quantitative estimate of drug-likeness (QED) is 0.176. The molecule has 58 heavy (non-hydrogen) atoms. The van der Waals surface area contributed by atoms with Crippen LogP contribution in [0.5, 0.6) is 0 Å². The molecule has 2 amide bonds. The smallest absolute Gasteiger partial charge is 0.422 e. The fourth-order valence-corrected chi connectivity index (χ4v) is 7.65. The number of benzene rings is 2. The summed E-state index contributed by atoms with van der Waals surface area (Å²) in [4.78, 5) is 67.1. The van der Waals surface area contributed by atoms with E-state index in [-0.39, 0.29) is 36.9 Å². The van der Waals surface area contributed by atoms with Crippen LogP contribution in [-0.4, -0.2) is 107 Å².